The van der Waals surface area contributed by atoms with E-state index in [-0.39, 0.29) is 30.1 Å². The predicted molar refractivity (Wildman–Crippen MR) is 73.2 cm³/mol. The Bertz CT molecular complexity index is 725. The second-order valence-electron chi connectivity index (χ2n) is 4.20. The highest BCUT2D eigenvalue weighted by atomic mass is 16.6. The first kappa shape index (κ1) is 15.3. The zero-order valence-corrected chi connectivity index (χ0v) is 11.6. The van der Waals surface area contributed by atoms with Crippen molar-refractivity contribution in [2.75, 3.05) is 6.61 Å². The molecule has 2 aromatic rings. The molecule has 22 heavy (non-hydrogen) atoms. The molecule has 0 spiro atoms. The normalized spacial score (nSPS) is 10.2. The number of carbonyl (C=O) groups is 2. The number of benzene rings is 1. The first-order valence-corrected chi connectivity index (χ1v) is 6.36. The van der Waals surface area contributed by atoms with E-state index in [1.54, 1.807) is 6.92 Å². The van der Waals surface area contributed by atoms with Gasteiger partial charge in [0.1, 0.15) is 0 Å². The fourth-order valence-electron chi connectivity index (χ4n) is 1.71. The maximum atomic E-state index is 12.2. The van der Waals surface area contributed by atoms with Gasteiger partial charge >= 0.3 is 5.97 Å². The van der Waals surface area contributed by atoms with Crippen LogP contribution in [-0.2, 0) is 16.1 Å². The van der Waals surface area contributed by atoms with Crippen LogP contribution in [0, 0.1) is 10.1 Å². The van der Waals surface area contributed by atoms with Crippen molar-refractivity contribution in [1.29, 1.82) is 0 Å². The molecular weight excluding hydrogens is 292 g/mol. The van der Waals surface area contributed by atoms with E-state index in [2.05, 4.69) is 10.2 Å². The number of non-ortho nitro benzene ring substituents is 1. The number of aromatic nitrogens is 3. The maximum Gasteiger partial charge on any atom is 0.329 e. The Hall–Kier alpha value is -3.10. The molecule has 0 atom stereocenters. The fraction of sp³-hybridized carbons (Fsp3) is 0.231. The molecule has 2 rings (SSSR count). The Morgan fingerprint density at radius 1 is 1.41 bits per heavy atom. The Balaban J connectivity index is 2.16. The summed E-state index contributed by atoms with van der Waals surface area (Å²) in [6.07, 6.45) is 1.19. The molecule has 0 N–H and O–H groups in total. The van der Waals surface area contributed by atoms with Gasteiger partial charge in [-0.1, -0.05) is 12.1 Å². The average Bonchev–Trinajstić information content (AvgIpc) is 2.95. The van der Waals surface area contributed by atoms with Gasteiger partial charge in [-0.05, 0) is 6.92 Å². The Morgan fingerprint density at radius 3 is 2.86 bits per heavy atom. The topological polar surface area (TPSA) is 117 Å². The number of hydrogen-bond donors (Lipinski definition) is 0. The summed E-state index contributed by atoms with van der Waals surface area (Å²) in [6.45, 7) is 1.70. The summed E-state index contributed by atoms with van der Waals surface area (Å²) in [7, 11) is 0. The molecule has 0 saturated heterocycles. The Labute approximate surface area is 124 Å². The van der Waals surface area contributed by atoms with Crippen LogP contribution in [0.3, 0.4) is 0 Å². The van der Waals surface area contributed by atoms with Crippen molar-refractivity contribution in [2.45, 2.75) is 13.5 Å². The van der Waals surface area contributed by atoms with Crippen molar-refractivity contribution in [2.24, 2.45) is 0 Å². The summed E-state index contributed by atoms with van der Waals surface area (Å²) < 4.78 is 4.74. The van der Waals surface area contributed by atoms with Gasteiger partial charge in [0, 0.05) is 17.7 Å². The van der Waals surface area contributed by atoms with E-state index < -0.39 is 16.7 Å². The van der Waals surface area contributed by atoms with Gasteiger partial charge in [-0.25, -0.2) is 4.79 Å². The molecule has 9 nitrogen and oxygen atoms in total. The smallest absolute Gasteiger partial charge is 0.329 e. The number of rotatable bonds is 6. The lowest BCUT2D eigenvalue weighted by atomic mass is 10.1. The van der Waals surface area contributed by atoms with Gasteiger partial charge in [-0.2, -0.15) is 9.90 Å². The highest BCUT2D eigenvalue weighted by molar-refractivity contribution is 6.07. The molecule has 0 radical (unpaired) electrons. The monoisotopic (exact) mass is 304 g/mol. The molecule has 0 amide bonds. The van der Waals surface area contributed by atoms with Crippen molar-refractivity contribution in [3.63, 3.8) is 0 Å². The van der Waals surface area contributed by atoms with Crippen LogP contribution in [0.25, 0.3) is 0 Å². The molecule has 0 bridgehead atoms. The number of nitrogens with zero attached hydrogens (tertiary/aromatic N) is 4. The average molecular weight is 304 g/mol. The number of nitro groups is 1. The minimum absolute atomic E-state index is 0.00945. The number of ether oxygens (including phenoxy) is 1. The molecule has 0 aliphatic heterocycles. The van der Waals surface area contributed by atoms with Gasteiger partial charge in [0.25, 0.3) is 5.69 Å². The van der Waals surface area contributed by atoms with Crippen molar-refractivity contribution in [3.05, 3.63) is 51.8 Å². The van der Waals surface area contributed by atoms with Crippen LogP contribution >= 0.6 is 0 Å². The molecule has 114 valence electrons. The molecule has 1 aromatic carbocycles. The quantitative estimate of drug-likeness (QED) is 0.338. The zero-order chi connectivity index (χ0) is 16.1. The van der Waals surface area contributed by atoms with Crippen LogP contribution in [0.5, 0.6) is 0 Å². The van der Waals surface area contributed by atoms with Gasteiger partial charge in [0.2, 0.25) is 5.78 Å². The summed E-state index contributed by atoms with van der Waals surface area (Å²) >= 11 is 0. The maximum absolute atomic E-state index is 12.2. The van der Waals surface area contributed by atoms with Crippen molar-refractivity contribution < 1.29 is 19.2 Å². The molecular formula is C13H12N4O5. The molecule has 1 heterocycles. The molecule has 0 unspecified atom stereocenters. The summed E-state index contributed by atoms with van der Waals surface area (Å²) in [5.74, 6) is -1.04. The molecule has 9 heteroatoms. The summed E-state index contributed by atoms with van der Waals surface area (Å²) in [5, 5.41) is 18.4. The molecule has 0 fully saturated rings. The lowest BCUT2D eigenvalue weighted by Gasteiger charge is -2.00. The van der Waals surface area contributed by atoms with Gasteiger partial charge < -0.3 is 4.74 Å². The van der Waals surface area contributed by atoms with Gasteiger partial charge in [0.15, 0.2) is 12.2 Å². The standard InChI is InChI=1S/C13H12N4O5/c1-2-22-12(18)8-16-14-7-11(15-16)13(19)9-4-3-5-10(6-9)17(20)21/h3-7H,2,8H2,1H3. The number of nitro benzene ring substituents is 1. The number of esters is 1. The van der Waals surface area contributed by atoms with E-state index in [1.165, 1.54) is 24.4 Å². The molecule has 0 aliphatic carbocycles. The number of carbonyl (C=O) groups excluding carboxylic acids is 2. The molecule has 1 aromatic heterocycles. The third-order valence-electron chi connectivity index (χ3n) is 2.66. The minimum atomic E-state index is -0.589. The van der Waals surface area contributed by atoms with Gasteiger partial charge in [0.05, 0.1) is 17.7 Å². The minimum Gasteiger partial charge on any atom is -0.465 e. The van der Waals surface area contributed by atoms with Crippen LogP contribution in [-0.4, -0.2) is 38.3 Å². The highest BCUT2D eigenvalue weighted by Gasteiger charge is 2.17. The van der Waals surface area contributed by atoms with Gasteiger partial charge in [-0.3, -0.25) is 14.9 Å². The third-order valence-corrected chi connectivity index (χ3v) is 2.66. The van der Waals surface area contributed by atoms with Crippen molar-refractivity contribution in [3.8, 4) is 0 Å². The van der Waals surface area contributed by atoms with Crippen LogP contribution in [0.15, 0.2) is 30.5 Å². The van der Waals surface area contributed by atoms with E-state index in [0.717, 1.165) is 10.9 Å². The summed E-state index contributed by atoms with van der Waals surface area (Å²) in [5.41, 5.74) is -0.0769. The van der Waals surface area contributed by atoms with Crippen LogP contribution in [0.2, 0.25) is 0 Å². The lowest BCUT2D eigenvalue weighted by Crippen LogP contribution is -2.16. The highest BCUT2D eigenvalue weighted by Crippen LogP contribution is 2.15. The van der Waals surface area contributed by atoms with E-state index in [4.69, 9.17) is 4.74 Å². The fourth-order valence-corrected chi connectivity index (χ4v) is 1.71. The lowest BCUT2D eigenvalue weighted by molar-refractivity contribution is -0.384. The summed E-state index contributed by atoms with van der Waals surface area (Å²) in [4.78, 5) is 34.6. The second kappa shape index (κ2) is 6.57. The SMILES string of the molecule is CCOC(=O)Cn1ncc(C(=O)c2cccc([N+](=O)[O-])c2)n1. The zero-order valence-electron chi connectivity index (χ0n) is 11.6. The van der Waals surface area contributed by atoms with E-state index >= 15 is 0 Å². The predicted octanol–water partition coefficient (Wildman–Crippen LogP) is 0.980. The second-order valence-corrected chi connectivity index (χ2v) is 4.20. The van der Waals surface area contributed by atoms with Crippen molar-refractivity contribution >= 4 is 17.4 Å². The number of hydrogen-bond acceptors (Lipinski definition) is 7. The largest absolute Gasteiger partial charge is 0.465 e. The molecule has 0 saturated carbocycles. The van der Waals surface area contributed by atoms with E-state index in [9.17, 15) is 19.7 Å². The third kappa shape index (κ3) is 3.51. The van der Waals surface area contributed by atoms with Crippen molar-refractivity contribution in [1.82, 2.24) is 15.0 Å². The number of ketones is 1. The van der Waals surface area contributed by atoms with Crippen LogP contribution in [0.1, 0.15) is 23.0 Å². The first-order valence-electron chi connectivity index (χ1n) is 6.36. The first-order chi connectivity index (χ1) is 10.5. The van der Waals surface area contributed by atoms with E-state index in [0.29, 0.717) is 0 Å². The molecule has 0 aliphatic rings. The van der Waals surface area contributed by atoms with Crippen LogP contribution in [0.4, 0.5) is 5.69 Å². The van der Waals surface area contributed by atoms with E-state index in [1.807, 2.05) is 0 Å². The Morgan fingerprint density at radius 2 is 2.18 bits per heavy atom. The van der Waals surface area contributed by atoms with Gasteiger partial charge in [-0.15, -0.1) is 5.10 Å². The summed E-state index contributed by atoms with van der Waals surface area (Å²) in [6, 6.07) is 5.30. The van der Waals surface area contributed by atoms with Crippen LogP contribution < -0.4 is 0 Å². The Kier molecular flexibility index (Phi) is 4.57.